The second-order valence-electron chi connectivity index (χ2n) is 7.99. The van der Waals surface area contributed by atoms with E-state index in [2.05, 4.69) is 35.3 Å². The predicted octanol–water partition coefficient (Wildman–Crippen LogP) is 3.36. The van der Waals surface area contributed by atoms with E-state index in [1.165, 1.54) is 12.0 Å². The number of hydrogen-bond acceptors (Lipinski definition) is 3. The van der Waals surface area contributed by atoms with E-state index in [0.717, 1.165) is 43.7 Å². The van der Waals surface area contributed by atoms with Gasteiger partial charge in [0.15, 0.2) is 0 Å². The molecule has 4 nitrogen and oxygen atoms in total. The van der Waals surface area contributed by atoms with Crippen molar-refractivity contribution in [2.75, 3.05) is 18.4 Å². The van der Waals surface area contributed by atoms with E-state index in [9.17, 15) is 9.90 Å². The number of carbonyl (C=O) groups is 1. The Morgan fingerprint density at radius 1 is 1.33 bits per heavy atom. The fourth-order valence-electron chi connectivity index (χ4n) is 6.37. The van der Waals surface area contributed by atoms with E-state index in [0.29, 0.717) is 18.0 Å². The lowest BCUT2D eigenvalue weighted by molar-refractivity contribution is -0.134. The van der Waals surface area contributed by atoms with Crippen molar-refractivity contribution in [1.29, 1.82) is 0 Å². The van der Waals surface area contributed by atoms with Gasteiger partial charge >= 0.3 is 5.97 Å². The molecule has 5 rings (SSSR count). The van der Waals surface area contributed by atoms with Crippen LogP contribution >= 0.6 is 0 Å². The van der Waals surface area contributed by atoms with Crippen molar-refractivity contribution in [3.63, 3.8) is 0 Å². The maximum atomic E-state index is 12.1. The van der Waals surface area contributed by atoms with Crippen molar-refractivity contribution in [3.05, 3.63) is 41.1 Å². The lowest BCUT2D eigenvalue weighted by Gasteiger charge is -2.55. The molecule has 3 aliphatic heterocycles. The van der Waals surface area contributed by atoms with Crippen molar-refractivity contribution in [1.82, 2.24) is 4.90 Å². The number of carboxylic acids is 1. The van der Waals surface area contributed by atoms with Crippen LogP contribution < -0.4 is 5.32 Å². The molecule has 2 N–H and O–H groups in total. The van der Waals surface area contributed by atoms with Crippen LogP contribution in [-0.4, -0.2) is 35.1 Å². The minimum Gasteiger partial charge on any atom is -0.478 e. The Labute approximate surface area is 142 Å². The Morgan fingerprint density at radius 2 is 2.17 bits per heavy atom. The van der Waals surface area contributed by atoms with Crippen LogP contribution in [0.2, 0.25) is 0 Å². The van der Waals surface area contributed by atoms with Gasteiger partial charge in [-0.15, -0.1) is 0 Å². The standard InChI is InChI=1S/C20H24N2O2/c1-2-19-8-5-10-22-11-9-20(18(19)22)14-6-3-4-7-15(14)21-16(20)13(12-19)17(23)24/h3-4,6-7,18,21H,2,5,8-12H2,1H3,(H,23,24)/t18-,19-,20?/m0/s1. The molecule has 0 saturated carbocycles. The second-order valence-corrected chi connectivity index (χ2v) is 7.99. The number of piperidine rings is 1. The number of anilines is 1. The van der Waals surface area contributed by atoms with Gasteiger partial charge in [-0.05, 0) is 62.2 Å². The number of hydrogen-bond donors (Lipinski definition) is 2. The van der Waals surface area contributed by atoms with Gasteiger partial charge in [-0.1, -0.05) is 25.1 Å². The molecule has 1 unspecified atom stereocenters. The maximum Gasteiger partial charge on any atom is 0.333 e. The van der Waals surface area contributed by atoms with Crippen LogP contribution in [0.4, 0.5) is 5.69 Å². The molecule has 1 aliphatic carbocycles. The molecule has 126 valence electrons. The molecule has 2 fully saturated rings. The molecular formula is C20H24N2O2. The first-order valence-electron chi connectivity index (χ1n) is 9.20. The molecule has 0 radical (unpaired) electrons. The third-order valence-corrected chi connectivity index (χ3v) is 7.23. The van der Waals surface area contributed by atoms with E-state index in [1.807, 2.05) is 6.07 Å². The molecule has 1 spiro atoms. The van der Waals surface area contributed by atoms with E-state index >= 15 is 0 Å². The average molecular weight is 324 g/mol. The molecule has 0 amide bonds. The smallest absolute Gasteiger partial charge is 0.333 e. The van der Waals surface area contributed by atoms with Gasteiger partial charge in [-0.3, -0.25) is 4.90 Å². The normalized spacial score (nSPS) is 36.8. The molecule has 1 aromatic rings. The summed E-state index contributed by atoms with van der Waals surface area (Å²) in [5, 5.41) is 13.5. The number of benzene rings is 1. The Kier molecular flexibility index (Phi) is 2.80. The van der Waals surface area contributed by atoms with Crippen molar-refractivity contribution >= 4 is 11.7 Å². The topological polar surface area (TPSA) is 52.6 Å². The number of fused-ring (bicyclic) bond motifs is 1. The van der Waals surface area contributed by atoms with Crippen LogP contribution in [0.25, 0.3) is 0 Å². The summed E-state index contributed by atoms with van der Waals surface area (Å²) in [5.74, 6) is -0.736. The quantitative estimate of drug-likeness (QED) is 0.876. The summed E-state index contributed by atoms with van der Waals surface area (Å²) in [5.41, 5.74) is 4.03. The number of nitrogens with zero attached hydrogens (tertiary/aromatic N) is 1. The molecule has 0 aromatic heterocycles. The van der Waals surface area contributed by atoms with E-state index in [4.69, 9.17) is 0 Å². The second kappa shape index (κ2) is 4.63. The van der Waals surface area contributed by atoms with E-state index in [1.54, 1.807) is 0 Å². The number of aliphatic carboxylic acids is 1. The lowest BCUT2D eigenvalue weighted by Crippen LogP contribution is -2.59. The van der Waals surface area contributed by atoms with Gasteiger partial charge in [0.2, 0.25) is 0 Å². The molecule has 2 saturated heterocycles. The van der Waals surface area contributed by atoms with E-state index in [-0.39, 0.29) is 10.8 Å². The number of carboxylic acid groups (broad SMARTS) is 1. The largest absolute Gasteiger partial charge is 0.478 e. The van der Waals surface area contributed by atoms with Gasteiger partial charge in [0, 0.05) is 17.4 Å². The number of rotatable bonds is 2. The van der Waals surface area contributed by atoms with Crippen LogP contribution in [0.1, 0.15) is 44.6 Å². The molecule has 24 heavy (non-hydrogen) atoms. The monoisotopic (exact) mass is 324 g/mol. The van der Waals surface area contributed by atoms with Crippen molar-refractivity contribution < 1.29 is 9.90 Å². The predicted molar refractivity (Wildman–Crippen MR) is 93.0 cm³/mol. The molecular weight excluding hydrogens is 300 g/mol. The first kappa shape index (κ1) is 14.5. The van der Waals surface area contributed by atoms with Gasteiger partial charge in [-0.25, -0.2) is 4.79 Å². The number of nitrogens with one attached hydrogen (secondary N) is 1. The summed E-state index contributed by atoms with van der Waals surface area (Å²) in [6.07, 6.45) is 5.14. The highest BCUT2D eigenvalue weighted by atomic mass is 16.4. The van der Waals surface area contributed by atoms with Gasteiger partial charge in [0.25, 0.3) is 0 Å². The highest BCUT2D eigenvalue weighted by Crippen LogP contribution is 2.65. The summed E-state index contributed by atoms with van der Waals surface area (Å²) in [6.45, 7) is 4.50. The van der Waals surface area contributed by atoms with Crippen molar-refractivity contribution in [2.24, 2.45) is 5.41 Å². The maximum absolute atomic E-state index is 12.1. The minimum atomic E-state index is -0.736. The highest BCUT2D eigenvalue weighted by molar-refractivity contribution is 5.91. The SMILES string of the molecule is CC[C@]12CCCN3CCC4(C(=C(C(=O)O)C1)Nc1ccccc14)[C@@H]32. The highest BCUT2D eigenvalue weighted by Gasteiger charge is 2.65. The summed E-state index contributed by atoms with van der Waals surface area (Å²) in [6, 6.07) is 8.92. The third kappa shape index (κ3) is 1.51. The molecule has 3 atom stereocenters. The molecule has 4 heteroatoms. The van der Waals surface area contributed by atoms with Gasteiger partial charge in [-0.2, -0.15) is 0 Å². The Balaban J connectivity index is 1.83. The molecule has 3 heterocycles. The summed E-state index contributed by atoms with van der Waals surface area (Å²) >= 11 is 0. The Hall–Kier alpha value is -1.81. The van der Waals surface area contributed by atoms with Crippen LogP contribution in [0, 0.1) is 5.41 Å². The third-order valence-electron chi connectivity index (χ3n) is 7.23. The van der Waals surface area contributed by atoms with Crippen LogP contribution in [0.3, 0.4) is 0 Å². The summed E-state index contributed by atoms with van der Waals surface area (Å²) in [4.78, 5) is 14.8. The Bertz CT molecular complexity index is 771. The van der Waals surface area contributed by atoms with Crippen LogP contribution in [-0.2, 0) is 10.2 Å². The summed E-state index contributed by atoms with van der Waals surface area (Å²) in [7, 11) is 0. The van der Waals surface area contributed by atoms with Gasteiger partial charge in [0.05, 0.1) is 11.0 Å². The Morgan fingerprint density at radius 3 is 2.96 bits per heavy atom. The average Bonchev–Trinajstić information content (AvgIpc) is 3.15. The van der Waals surface area contributed by atoms with E-state index < -0.39 is 5.97 Å². The fourth-order valence-corrected chi connectivity index (χ4v) is 6.37. The molecule has 0 bridgehead atoms. The van der Waals surface area contributed by atoms with Crippen molar-refractivity contribution in [2.45, 2.75) is 50.5 Å². The van der Waals surface area contributed by atoms with Crippen molar-refractivity contribution in [3.8, 4) is 0 Å². The summed E-state index contributed by atoms with van der Waals surface area (Å²) < 4.78 is 0. The first-order chi connectivity index (χ1) is 11.6. The zero-order valence-electron chi connectivity index (χ0n) is 14.1. The van der Waals surface area contributed by atoms with Gasteiger partial charge < -0.3 is 10.4 Å². The minimum absolute atomic E-state index is 0.102. The van der Waals surface area contributed by atoms with Gasteiger partial charge in [0.1, 0.15) is 0 Å². The number of para-hydroxylation sites is 1. The first-order valence-corrected chi connectivity index (χ1v) is 9.20. The van der Waals surface area contributed by atoms with Crippen LogP contribution in [0.15, 0.2) is 35.5 Å². The zero-order valence-corrected chi connectivity index (χ0v) is 14.1. The van der Waals surface area contributed by atoms with Crippen LogP contribution in [0.5, 0.6) is 0 Å². The lowest BCUT2D eigenvalue weighted by atomic mass is 9.53. The fraction of sp³-hybridized carbons (Fsp3) is 0.550. The zero-order chi connectivity index (χ0) is 16.5. The molecule has 4 aliphatic rings. The molecule has 1 aromatic carbocycles.